The number of carbonyl (C=O) groups is 1. The van der Waals surface area contributed by atoms with Crippen molar-refractivity contribution in [1.82, 2.24) is 34.9 Å². The molecule has 0 bridgehead atoms. The topological polar surface area (TPSA) is 90.0 Å². The van der Waals surface area contributed by atoms with Gasteiger partial charge in [0, 0.05) is 12.4 Å². The van der Waals surface area contributed by atoms with Crippen molar-refractivity contribution < 1.29 is 4.79 Å². The summed E-state index contributed by atoms with van der Waals surface area (Å²) in [6, 6.07) is 11.1. The van der Waals surface area contributed by atoms with Gasteiger partial charge in [-0.05, 0) is 41.1 Å². The molecule has 3 heterocycles. The van der Waals surface area contributed by atoms with Gasteiger partial charge in [0.25, 0.3) is 5.91 Å². The number of hydrogen-bond donors (Lipinski definition) is 1. The highest BCUT2D eigenvalue weighted by atomic mass is 16.1. The van der Waals surface area contributed by atoms with Crippen molar-refractivity contribution in [3.05, 3.63) is 71.9 Å². The number of amides is 1. The van der Waals surface area contributed by atoms with E-state index < -0.39 is 0 Å². The second-order valence-corrected chi connectivity index (χ2v) is 5.61. The second-order valence-electron chi connectivity index (χ2n) is 5.61. The van der Waals surface area contributed by atoms with Gasteiger partial charge in [-0.25, -0.2) is 4.98 Å². The summed E-state index contributed by atoms with van der Waals surface area (Å²) in [4.78, 5) is 17.1. The van der Waals surface area contributed by atoms with Crippen LogP contribution in [0, 0.1) is 6.92 Å². The molecule has 0 aliphatic carbocycles. The first kappa shape index (κ1) is 15.0. The van der Waals surface area contributed by atoms with Crippen LogP contribution in [0.5, 0.6) is 0 Å². The summed E-state index contributed by atoms with van der Waals surface area (Å²) >= 11 is 0. The smallest absolute Gasteiger partial charge is 0.253 e. The highest BCUT2D eigenvalue weighted by molar-refractivity contribution is 5.97. The summed E-state index contributed by atoms with van der Waals surface area (Å²) in [6.45, 7) is 2.34. The molecule has 0 radical (unpaired) electrons. The van der Waals surface area contributed by atoms with Crippen molar-refractivity contribution in [2.24, 2.45) is 0 Å². The number of nitrogens with one attached hydrogen (secondary N) is 1. The number of para-hydroxylation sites is 1. The van der Waals surface area contributed by atoms with Crippen LogP contribution < -0.4 is 5.32 Å². The molecule has 8 heteroatoms. The Morgan fingerprint density at radius 3 is 2.88 bits per heavy atom. The van der Waals surface area contributed by atoms with Gasteiger partial charge >= 0.3 is 0 Å². The number of aryl methyl sites for hydroxylation is 1. The molecule has 124 valence electrons. The summed E-state index contributed by atoms with van der Waals surface area (Å²) in [7, 11) is 0. The van der Waals surface area contributed by atoms with Crippen molar-refractivity contribution >= 4 is 11.6 Å². The van der Waals surface area contributed by atoms with E-state index in [1.165, 1.54) is 11.0 Å². The first-order valence-electron chi connectivity index (χ1n) is 7.76. The third-order valence-corrected chi connectivity index (χ3v) is 3.90. The molecule has 1 amide bonds. The summed E-state index contributed by atoms with van der Waals surface area (Å²) in [6.07, 6.45) is 5.31. The molecule has 0 saturated heterocycles. The maximum atomic E-state index is 12.6. The summed E-state index contributed by atoms with van der Waals surface area (Å²) in [5, 5.41) is 14.0. The molecular formula is C17H15N7O. The molecule has 0 atom stereocenters. The van der Waals surface area contributed by atoms with Crippen LogP contribution in [0.25, 0.3) is 11.3 Å². The van der Waals surface area contributed by atoms with Crippen molar-refractivity contribution in [3.63, 3.8) is 0 Å². The van der Waals surface area contributed by atoms with Gasteiger partial charge in [0.2, 0.25) is 0 Å². The van der Waals surface area contributed by atoms with Gasteiger partial charge in [0.15, 0.2) is 0 Å². The first-order chi connectivity index (χ1) is 12.2. The van der Waals surface area contributed by atoms with Crippen molar-refractivity contribution in [1.29, 1.82) is 0 Å². The van der Waals surface area contributed by atoms with E-state index in [9.17, 15) is 4.79 Å². The Hall–Kier alpha value is -3.55. The summed E-state index contributed by atoms with van der Waals surface area (Å²) in [5.41, 5.74) is 3.89. The van der Waals surface area contributed by atoms with Gasteiger partial charge < -0.3 is 9.72 Å². The van der Waals surface area contributed by atoms with Crippen LogP contribution in [0.15, 0.2) is 55.1 Å². The van der Waals surface area contributed by atoms with E-state index in [1.807, 2.05) is 41.9 Å². The average Bonchev–Trinajstić information content (AvgIpc) is 3.30. The fourth-order valence-electron chi connectivity index (χ4n) is 2.69. The molecule has 0 fully saturated rings. The van der Waals surface area contributed by atoms with E-state index in [2.05, 4.69) is 25.8 Å². The zero-order chi connectivity index (χ0) is 17.2. The van der Waals surface area contributed by atoms with E-state index in [0.717, 1.165) is 16.9 Å². The Balaban J connectivity index is 1.55. The Morgan fingerprint density at radius 1 is 1.20 bits per heavy atom. The molecule has 1 aromatic carbocycles. The van der Waals surface area contributed by atoms with Crippen molar-refractivity contribution in [2.75, 3.05) is 0 Å². The molecule has 0 saturated carbocycles. The number of pyridine rings is 1. The van der Waals surface area contributed by atoms with Crippen LogP contribution in [0.1, 0.15) is 21.6 Å². The third-order valence-electron chi connectivity index (χ3n) is 3.90. The fourth-order valence-corrected chi connectivity index (χ4v) is 2.69. The van der Waals surface area contributed by atoms with Crippen molar-refractivity contribution in [2.45, 2.75) is 13.5 Å². The lowest BCUT2D eigenvalue weighted by molar-refractivity contribution is 0.0950. The SMILES string of the molecule is Cc1cccn2cc(CNC(=O)c3ccccc3-n3cnnn3)nc12. The normalized spacial score (nSPS) is 10.9. The fraction of sp³-hybridized carbons (Fsp3) is 0.118. The Bertz CT molecular complexity index is 1040. The minimum absolute atomic E-state index is 0.208. The van der Waals surface area contributed by atoms with E-state index in [1.54, 1.807) is 18.2 Å². The minimum atomic E-state index is -0.208. The molecule has 4 aromatic rings. The lowest BCUT2D eigenvalue weighted by atomic mass is 10.1. The highest BCUT2D eigenvalue weighted by Crippen LogP contribution is 2.13. The molecule has 1 N–H and O–H groups in total. The number of nitrogens with zero attached hydrogens (tertiary/aromatic N) is 6. The lowest BCUT2D eigenvalue weighted by Crippen LogP contribution is -2.24. The molecule has 8 nitrogen and oxygen atoms in total. The number of tetrazole rings is 1. The predicted molar refractivity (Wildman–Crippen MR) is 90.3 cm³/mol. The van der Waals surface area contributed by atoms with E-state index in [4.69, 9.17) is 0 Å². The van der Waals surface area contributed by atoms with Crippen LogP contribution in [-0.4, -0.2) is 35.5 Å². The largest absolute Gasteiger partial charge is 0.346 e. The number of fused-ring (bicyclic) bond motifs is 1. The van der Waals surface area contributed by atoms with Gasteiger partial charge in [-0.15, -0.1) is 5.10 Å². The predicted octanol–water partition coefficient (Wildman–Crippen LogP) is 1.55. The maximum absolute atomic E-state index is 12.6. The Morgan fingerprint density at radius 2 is 2.08 bits per heavy atom. The maximum Gasteiger partial charge on any atom is 0.253 e. The molecule has 4 rings (SSSR count). The summed E-state index contributed by atoms with van der Waals surface area (Å²) in [5.74, 6) is -0.208. The molecule has 0 aliphatic rings. The Kier molecular flexibility index (Phi) is 3.70. The average molecular weight is 333 g/mol. The number of carbonyl (C=O) groups excluding carboxylic acids is 1. The van der Waals surface area contributed by atoms with E-state index in [0.29, 0.717) is 17.8 Å². The van der Waals surface area contributed by atoms with Gasteiger partial charge in [0.1, 0.15) is 12.0 Å². The molecule has 0 spiro atoms. The van der Waals surface area contributed by atoms with Gasteiger partial charge in [-0.2, -0.15) is 4.68 Å². The molecule has 3 aromatic heterocycles. The van der Waals surface area contributed by atoms with Gasteiger partial charge in [-0.3, -0.25) is 4.79 Å². The third kappa shape index (κ3) is 2.85. The van der Waals surface area contributed by atoms with E-state index in [-0.39, 0.29) is 5.91 Å². The molecule has 25 heavy (non-hydrogen) atoms. The monoisotopic (exact) mass is 333 g/mol. The molecular weight excluding hydrogens is 318 g/mol. The number of aromatic nitrogens is 6. The van der Waals surface area contributed by atoms with E-state index >= 15 is 0 Å². The van der Waals surface area contributed by atoms with Crippen LogP contribution >= 0.6 is 0 Å². The Labute approximate surface area is 143 Å². The lowest BCUT2D eigenvalue weighted by Gasteiger charge is -2.08. The standard InChI is InChI=1S/C17H15N7O/c1-12-5-4-8-23-10-13(20-16(12)23)9-18-17(25)14-6-2-3-7-15(14)24-11-19-21-22-24/h2-8,10-11H,9H2,1H3,(H,18,25). The van der Waals surface area contributed by atoms with Crippen LogP contribution in [0.4, 0.5) is 0 Å². The number of benzene rings is 1. The van der Waals surface area contributed by atoms with Gasteiger partial charge in [0.05, 0.1) is 23.5 Å². The zero-order valence-corrected chi connectivity index (χ0v) is 13.5. The number of hydrogen-bond acceptors (Lipinski definition) is 5. The second kappa shape index (κ2) is 6.16. The molecule has 0 aliphatic heterocycles. The zero-order valence-electron chi connectivity index (χ0n) is 13.5. The molecule has 0 unspecified atom stereocenters. The minimum Gasteiger partial charge on any atom is -0.346 e. The van der Waals surface area contributed by atoms with Crippen molar-refractivity contribution in [3.8, 4) is 5.69 Å². The number of rotatable bonds is 4. The first-order valence-corrected chi connectivity index (χ1v) is 7.76. The van der Waals surface area contributed by atoms with Crippen LogP contribution in [0.2, 0.25) is 0 Å². The quantitative estimate of drug-likeness (QED) is 0.612. The van der Waals surface area contributed by atoms with Gasteiger partial charge in [-0.1, -0.05) is 18.2 Å². The number of imidazole rings is 1. The van der Waals surface area contributed by atoms with Crippen LogP contribution in [-0.2, 0) is 6.54 Å². The van der Waals surface area contributed by atoms with Crippen LogP contribution in [0.3, 0.4) is 0 Å². The highest BCUT2D eigenvalue weighted by Gasteiger charge is 2.13. The summed E-state index contributed by atoms with van der Waals surface area (Å²) < 4.78 is 3.41.